The Labute approximate surface area is 179 Å². The van der Waals surface area contributed by atoms with Gasteiger partial charge < -0.3 is 9.15 Å². The number of halogens is 3. The van der Waals surface area contributed by atoms with E-state index in [1.54, 1.807) is 0 Å². The molecule has 1 atom stereocenters. The lowest BCUT2D eigenvalue weighted by Gasteiger charge is -2.17. The molecule has 0 aliphatic rings. The second-order valence-electron chi connectivity index (χ2n) is 7.18. The summed E-state index contributed by atoms with van der Waals surface area (Å²) in [4.78, 5) is 12.4. The highest BCUT2D eigenvalue weighted by Crippen LogP contribution is 2.33. The average Bonchev–Trinajstić information content (AvgIpc) is 3.03. The van der Waals surface area contributed by atoms with Gasteiger partial charge in [0.15, 0.2) is 0 Å². The van der Waals surface area contributed by atoms with Gasteiger partial charge in [-0.2, -0.15) is 0 Å². The van der Waals surface area contributed by atoms with Crippen LogP contribution in [0.1, 0.15) is 48.7 Å². The van der Waals surface area contributed by atoms with Crippen molar-refractivity contribution in [2.75, 3.05) is 6.61 Å². The van der Waals surface area contributed by atoms with E-state index in [9.17, 15) is 4.79 Å². The molecular formula is C22H21Cl3O3. The van der Waals surface area contributed by atoms with Crippen LogP contribution in [0.2, 0.25) is 15.1 Å². The number of esters is 1. The molecule has 0 N–H and O–H groups in total. The fourth-order valence-corrected chi connectivity index (χ4v) is 4.22. The van der Waals surface area contributed by atoms with Gasteiger partial charge in [-0.1, -0.05) is 66.8 Å². The van der Waals surface area contributed by atoms with E-state index in [1.807, 2.05) is 24.3 Å². The number of hydrogen-bond acceptors (Lipinski definition) is 3. The van der Waals surface area contributed by atoms with Crippen LogP contribution in [0.3, 0.4) is 0 Å². The smallest absolute Gasteiger partial charge is 0.341 e. The van der Waals surface area contributed by atoms with Crippen molar-refractivity contribution in [1.29, 1.82) is 0 Å². The summed E-state index contributed by atoms with van der Waals surface area (Å²) in [6.45, 7) is 4.56. The maximum absolute atomic E-state index is 12.4. The molecule has 0 saturated heterocycles. The highest BCUT2D eigenvalue weighted by atomic mass is 35.5. The summed E-state index contributed by atoms with van der Waals surface area (Å²) in [6.07, 6.45) is 1.58. The lowest BCUT2D eigenvalue weighted by atomic mass is 9.92. The second kappa shape index (κ2) is 9.21. The molecule has 0 fully saturated rings. The first-order chi connectivity index (χ1) is 13.3. The summed E-state index contributed by atoms with van der Waals surface area (Å²) >= 11 is 18.1. The lowest BCUT2D eigenvalue weighted by molar-refractivity contribution is 0.0488. The summed E-state index contributed by atoms with van der Waals surface area (Å²) in [5.74, 6) is 0.985. The van der Waals surface area contributed by atoms with Crippen LogP contribution in [0.5, 0.6) is 0 Å². The minimum atomic E-state index is -0.556. The van der Waals surface area contributed by atoms with Crippen molar-refractivity contribution in [2.45, 2.75) is 32.6 Å². The first-order valence-electron chi connectivity index (χ1n) is 9.15. The highest BCUT2D eigenvalue weighted by molar-refractivity contribution is 6.41. The van der Waals surface area contributed by atoms with Crippen molar-refractivity contribution in [3.05, 3.63) is 68.9 Å². The van der Waals surface area contributed by atoms with E-state index in [1.165, 1.54) is 12.1 Å². The summed E-state index contributed by atoms with van der Waals surface area (Å²) < 4.78 is 11.5. The third-order valence-electron chi connectivity index (χ3n) is 4.51. The first kappa shape index (κ1) is 21.0. The van der Waals surface area contributed by atoms with Crippen molar-refractivity contribution in [3.63, 3.8) is 0 Å². The van der Waals surface area contributed by atoms with E-state index in [-0.39, 0.29) is 28.1 Å². The number of ether oxygens (including phenoxy) is 1. The number of fused-ring (bicyclic) bond motifs is 1. The van der Waals surface area contributed by atoms with Crippen molar-refractivity contribution < 1.29 is 13.9 Å². The summed E-state index contributed by atoms with van der Waals surface area (Å²) in [5, 5.41) is 1.80. The van der Waals surface area contributed by atoms with Crippen LogP contribution < -0.4 is 0 Å². The number of para-hydroxylation sites is 1. The van der Waals surface area contributed by atoms with E-state index < -0.39 is 5.97 Å². The molecule has 2 aromatic carbocycles. The SMILES string of the molecule is CC(C)C[C@H](CCOC(=O)c1c(Cl)cc(Cl)cc1Cl)c1cc2ccccc2o1. The molecule has 0 saturated carbocycles. The molecule has 0 aliphatic heterocycles. The third-order valence-corrected chi connectivity index (χ3v) is 5.33. The van der Waals surface area contributed by atoms with Crippen molar-refractivity contribution in [1.82, 2.24) is 0 Å². The predicted octanol–water partition coefficient (Wildman–Crippen LogP) is 7.77. The zero-order chi connectivity index (χ0) is 20.3. The largest absolute Gasteiger partial charge is 0.462 e. The zero-order valence-electron chi connectivity index (χ0n) is 15.7. The van der Waals surface area contributed by atoms with Gasteiger partial charge in [-0.25, -0.2) is 4.79 Å². The molecule has 3 rings (SSSR count). The van der Waals surface area contributed by atoms with Gasteiger partial charge in [0.2, 0.25) is 0 Å². The highest BCUT2D eigenvalue weighted by Gasteiger charge is 2.21. The van der Waals surface area contributed by atoms with E-state index in [4.69, 9.17) is 44.0 Å². The predicted molar refractivity (Wildman–Crippen MR) is 115 cm³/mol. The van der Waals surface area contributed by atoms with Crippen molar-refractivity contribution in [2.24, 2.45) is 5.92 Å². The second-order valence-corrected chi connectivity index (χ2v) is 8.43. The molecule has 1 aromatic heterocycles. The van der Waals surface area contributed by atoms with Gasteiger partial charge in [0.05, 0.1) is 22.2 Å². The Kier molecular flexibility index (Phi) is 6.92. The molecule has 3 nitrogen and oxygen atoms in total. The molecule has 6 heteroatoms. The number of hydrogen-bond donors (Lipinski definition) is 0. The van der Waals surface area contributed by atoms with Crippen LogP contribution in [0.25, 0.3) is 11.0 Å². The summed E-state index contributed by atoms with van der Waals surface area (Å²) in [5.41, 5.74) is 1.000. The van der Waals surface area contributed by atoms with E-state index in [0.717, 1.165) is 23.2 Å². The minimum absolute atomic E-state index is 0.136. The Hall–Kier alpha value is -1.68. The first-order valence-corrected chi connectivity index (χ1v) is 10.3. The van der Waals surface area contributed by atoms with Gasteiger partial charge in [0, 0.05) is 16.3 Å². The quantitative estimate of drug-likeness (QED) is 0.353. The van der Waals surface area contributed by atoms with Crippen LogP contribution in [0, 0.1) is 5.92 Å². The normalized spacial score (nSPS) is 12.5. The van der Waals surface area contributed by atoms with Crippen LogP contribution in [-0.2, 0) is 4.74 Å². The fraction of sp³-hybridized carbons (Fsp3) is 0.318. The molecule has 3 aromatic rings. The molecular weight excluding hydrogens is 419 g/mol. The van der Waals surface area contributed by atoms with Crippen LogP contribution in [0.4, 0.5) is 0 Å². The summed E-state index contributed by atoms with van der Waals surface area (Å²) in [7, 11) is 0. The van der Waals surface area contributed by atoms with Gasteiger partial charge in [-0.05, 0) is 43.0 Å². The Morgan fingerprint density at radius 2 is 1.75 bits per heavy atom. The lowest BCUT2D eigenvalue weighted by Crippen LogP contribution is -2.11. The van der Waals surface area contributed by atoms with Crippen molar-refractivity contribution in [3.8, 4) is 0 Å². The van der Waals surface area contributed by atoms with Crippen LogP contribution in [-0.4, -0.2) is 12.6 Å². The monoisotopic (exact) mass is 438 g/mol. The standard InChI is InChI=1S/C22H21Cl3O3/c1-13(2)9-15(20-10-14-5-3-4-6-19(14)28-20)7-8-27-22(26)21-17(24)11-16(23)12-18(21)25/h3-6,10-13,15H,7-9H2,1-2H3/t15-/m0/s1. The number of carbonyl (C=O) groups is 1. The van der Waals surface area contributed by atoms with E-state index in [2.05, 4.69) is 19.9 Å². The fourth-order valence-electron chi connectivity index (χ4n) is 3.25. The Morgan fingerprint density at radius 1 is 1.07 bits per heavy atom. The molecule has 28 heavy (non-hydrogen) atoms. The molecule has 0 unspecified atom stereocenters. The minimum Gasteiger partial charge on any atom is -0.462 e. The maximum atomic E-state index is 12.4. The number of benzene rings is 2. The zero-order valence-corrected chi connectivity index (χ0v) is 17.9. The van der Waals surface area contributed by atoms with Gasteiger partial charge in [0.1, 0.15) is 11.3 Å². The summed E-state index contributed by atoms with van der Waals surface area (Å²) in [6, 6.07) is 12.9. The molecule has 1 heterocycles. The van der Waals surface area contributed by atoms with Crippen molar-refractivity contribution >= 4 is 51.7 Å². The van der Waals surface area contributed by atoms with Gasteiger partial charge in [-0.15, -0.1) is 0 Å². The average molecular weight is 440 g/mol. The maximum Gasteiger partial charge on any atom is 0.341 e. The topological polar surface area (TPSA) is 39.4 Å². The Balaban J connectivity index is 1.70. The molecule has 0 amide bonds. The molecule has 0 aliphatic carbocycles. The Bertz CT molecular complexity index is 922. The van der Waals surface area contributed by atoms with Gasteiger partial charge >= 0.3 is 5.97 Å². The van der Waals surface area contributed by atoms with Gasteiger partial charge in [0.25, 0.3) is 0 Å². The van der Waals surface area contributed by atoms with E-state index in [0.29, 0.717) is 17.4 Å². The third kappa shape index (κ3) is 5.02. The molecule has 0 bridgehead atoms. The molecule has 0 radical (unpaired) electrons. The number of rotatable bonds is 7. The molecule has 0 spiro atoms. The number of carbonyl (C=O) groups excluding carboxylic acids is 1. The van der Waals surface area contributed by atoms with E-state index >= 15 is 0 Å². The Morgan fingerprint density at radius 3 is 2.39 bits per heavy atom. The van der Waals surface area contributed by atoms with Crippen LogP contribution in [0.15, 0.2) is 46.9 Å². The molecule has 148 valence electrons. The number of furan rings is 1. The van der Waals surface area contributed by atoms with Crippen LogP contribution >= 0.6 is 34.8 Å². The van der Waals surface area contributed by atoms with Gasteiger partial charge in [-0.3, -0.25) is 0 Å².